The van der Waals surface area contributed by atoms with Crippen molar-refractivity contribution in [2.45, 2.75) is 43.8 Å². The van der Waals surface area contributed by atoms with Gasteiger partial charge in [0.05, 0.1) is 24.7 Å². The van der Waals surface area contributed by atoms with Crippen LogP contribution >= 0.6 is 0 Å². The molecular weight excluding hydrogens is 316 g/mol. The average molecular weight is 346 g/mol. The maximum atomic E-state index is 12.5. The van der Waals surface area contributed by atoms with Gasteiger partial charge in [-0.25, -0.2) is 0 Å². The molecule has 3 rings (SSSR count). The minimum atomic E-state index is -0.116. The standard InChI is InChI=1S/C20H30N2O3/c1-21(2)15-18-9-6-11-20(25-18)12-13-22(16-20)19(23)10-14-24-17-7-4-3-5-8-17/h3-5,7-8,18H,6,9-16H2,1-2H3/t18-,20-/m0/s1. The number of hydrogen-bond donors (Lipinski definition) is 0. The van der Waals surface area contributed by atoms with Gasteiger partial charge in [0.1, 0.15) is 5.75 Å². The molecule has 0 unspecified atom stereocenters. The van der Waals surface area contributed by atoms with E-state index in [1.54, 1.807) is 0 Å². The van der Waals surface area contributed by atoms with Crippen LogP contribution in [0.4, 0.5) is 0 Å². The highest BCUT2D eigenvalue weighted by molar-refractivity contribution is 5.76. The van der Waals surface area contributed by atoms with Crippen LogP contribution in [0.2, 0.25) is 0 Å². The molecule has 1 aromatic rings. The molecule has 2 atom stereocenters. The number of nitrogens with zero attached hydrogens (tertiary/aromatic N) is 2. The summed E-state index contributed by atoms with van der Waals surface area (Å²) in [7, 11) is 4.17. The highest BCUT2D eigenvalue weighted by atomic mass is 16.5. The van der Waals surface area contributed by atoms with Crippen molar-refractivity contribution in [2.75, 3.05) is 40.3 Å². The fraction of sp³-hybridized carbons (Fsp3) is 0.650. The van der Waals surface area contributed by atoms with E-state index in [-0.39, 0.29) is 11.5 Å². The first-order valence-electron chi connectivity index (χ1n) is 9.34. The number of hydrogen-bond acceptors (Lipinski definition) is 4. The normalized spacial score (nSPS) is 26.4. The molecule has 0 aliphatic carbocycles. The third-order valence-electron chi connectivity index (χ3n) is 5.14. The van der Waals surface area contributed by atoms with E-state index in [9.17, 15) is 4.79 Å². The Morgan fingerprint density at radius 2 is 2.12 bits per heavy atom. The molecule has 25 heavy (non-hydrogen) atoms. The van der Waals surface area contributed by atoms with E-state index >= 15 is 0 Å². The Morgan fingerprint density at radius 1 is 1.32 bits per heavy atom. The van der Waals surface area contributed by atoms with Crippen molar-refractivity contribution >= 4 is 5.91 Å². The maximum Gasteiger partial charge on any atom is 0.226 e. The molecule has 2 aliphatic heterocycles. The van der Waals surface area contributed by atoms with Crippen LogP contribution in [0.5, 0.6) is 5.75 Å². The summed E-state index contributed by atoms with van der Waals surface area (Å²) < 4.78 is 12.1. The summed E-state index contributed by atoms with van der Waals surface area (Å²) >= 11 is 0. The summed E-state index contributed by atoms with van der Waals surface area (Å²) in [5.74, 6) is 0.987. The molecule has 1 spiro atoms. The van der Waals surface area contributed by atoms with E-state index in [1.165, 1.54) is 6.42 Å². The summed E-state index contributed by atoms with van der Waals surface area (Å²) in [6.07, 6.45) is 5.06. The van der Waals surface area contributed by atoms with E-state index in [0.717, 1.165) is 44.6 Å². The first kappa shape index (κ1) is 18.2. The Hall–Kier alpha value is -1.59. The number of amides is 1. The first-order chi connectivity index (χ1) is 12.1. The fourth-order valence-corrected chi connectivity index (χ4v) is 3.95. The van der Waals surface area contributed by atoms with Crippen LogP contribution in [0.3, 0.4) is 0 Å². The molecule has 0 saturated carbocycles. The predicted octanol–water partition coefficient (Wildman–Crippen LogP) is 2.56. The Balaban J connectivity index is 1.46. The molecule has 1 amide bonds. The van der Waals surface area contributed by atoms with E-state index in [4.69, 9.17) is 9.47 Å². The van der Waals surface area contributed by atoms with Crippen LogP contribution in [0.1, 0.15) is 32.1 Å². The predicted molar refractivity (Wildman–Crippen MR) is 97.8 cm³/mol. The third-order valence-corrected chi connectivity index (χ3v) is 5.14. The van der Waals surface area contributed by atoms with Gasteiger partial charge in [-0.2, -0.15) is 0 Å². The SMILES string of the molecule is CN(C)C[C@@H]1CCC[C@@]2(CCN(C(=O)CCOc3ccccc3)C2)O1. The summed E-state index contributed by atoms with van der Waals surface area (Å²) in [6, 6.07) is 9.65. The van der Waals surface area contributed by atoms with Gasteiger partial charge in [0.15, 0.2) is 0 Å². The van der Waals surface area contributed by atoms with Crippen LogP contribution in [-0.4, -0.2) is 67.7 Å². The van der Waals surface area contributed by atoms with Gasteiger partial charge in [0.25, 0.3) is 0 Å². The number of likely N-dealkylation sites (N-methyl/N-ethyl adjacent to an activating group) is 1. The number of carbonyl (C=O) groups is 1. The lowest BCUT2D eigenvalue weighted by atomic mass is 9.90. The van der Waals surface area contributed by atoms with Crippen LogP contribution in [-0.2, 0) is 9.53 Å². The molecule has 0 radical (unpaired) electrons. The molecule has 2 aliphatic rings. The van der Waals surface area contributed by atoms with Crippen LogP contribution in [0.15, 0.2) is 30.3 Å². The maximum absolute atomic E-state index is 12.5. The Bertz CT molecular complexity index is 563. The van der Waals surface area contributed by atoms with Gasteiger partial charge in [-0.1, -0.05) is 18.2 Å². The second-order valence-electron chi connectivity index (χ2n) is 7.55. The lowest BCUT2D eigenvalue weighted by Gasteiger charge is -2.39. The van der Waals surface area contributed by atoms with Crippen molar-refractivity contribution in [2.24, 2.45) is 0 Å². The zero-order chi connectivity index (χ0) is 17.7. The summed E-state index contributed by atoms with van der Waals surface area (Å²) in [5, 5.41) is 0. The van der Waals surface area contributed by atoms with Gasteiger partial charge in [-0.3, -0.25) is 4.79 Å². The molecule has 2 fully saturated rings. The largest absolute Gasteiger partial charge is 0.493 e. The number of carbonyl (C=O) groups excluding carboxylic acids is 1. The highest BCUT2D eigenvalue weighted by Crippen LogP contribution is 2.37. The lowest BCUT2D eigenvalue weighted by molar-refractivity contribution is -0.140. The Labute approximate surface area is 150 Å². The molecule has 2 saturated heterocycles. The van der Waals surface area contributed by atoms with Crippen molar-refractivity contribution in [1.82, 2.24) is 9.80 Å². The topological polar surface area (TPSA) is 42.0 Å². The van der Waals surface area contributed by atoms with Gasteiger partial charge < -0.3 is 19.3 Å². The van der Waals surface area contributed by atoms with Gasteiger partial charge in [-0.15, -0.1) is 0 Å². The van der Waals surface area contributed by atoms with Gasteiger partial charge in [0.2, 0.25) is 5.91 Å². The smallest absolute Gasteiger partial charge is 0.226 e. The molecule has 0 bridgehead atoms. The molecule has 0 N–H and O–H groups in total. The van der Waals surface area contributed by atoms with Crippen molar-refractivity contribution in [3.8, 4) is 5.75 Å². The van der Waals surface area contributed by atoms with Crippen molar-refractivity contribution in [3.63, 3.8) is 0 Å². The number of likely N-dealkylation sites (tertiary alicyclic amines) is 1. The number of para-hydroxylation sites is 1. The second kappa shape index (κ2) is 8.19. The fourth-order valence-electron chi connectivity index (χ4n) is 3.95. The monoisotopic (exact) mass is 346 g/mol. The zero-order valence-electron chi connectivity index (χ0n) is 15.4. The summed E-state index contributed by atoms with van der Waals surface area (Å²) in [6.45, 7) is 2.93. The quantitative estimate of drug-likeness (QED) is 0.794. The summed E-state index contributed by atoms with van der Waals surface area (Å²) in [4.78, 5) is 16.7. The van der Waals surface area contributed by atoms with Crippen LogP contribution in [0, 0.1) is 0 Å². The molecule has 2 heterocycles. The van der Waals surface area contributed by atoms with Crippen molar-refractivity contribution in [3.05, 3.63) is 30.3 Å². The van der Waals surface area contributed by atoms with Crippen molar-refractivity contribution in [1.29, 1.82) is 0 Å². The van der Waals surface area contributed by atoms with Crippen LogP contribution < -0.4 is 4.74 Å². The first-order valence-corrected chi connectivity index (χ1v) is 9.34. The lowest BCUT2D eigenvalue weighted by Crippen LogP contribution is -2.46. The van der Waals surface area contributed by atoms with Gasteiger partial charge >= 0.3 is 0 Å². The molecule has 0 aromatic heterocycles. The van der Waals surface area contributed by atoms with E-state index < -0.39 is 0 Å². The minimum absolute atomic E-state index is 0.116. The average Bonchev–Trinajstić information content (AvgIpc) is 2.98. The summed E-state index contributed by atoms with van der Waals surface area (Å²) in [5.41, 5.74) is -0.116. The van der Waals surface area contributed by atoms with Crippen molar-refractivity contribution < 1.29 is 14.3 Å². The van der Waals surface area contributed by atoms with E-state index in [0.29, 0.717) is 19.1 Å². The van der Waals surface area contributed by atoms with Crippen LogP contribution in [0.25, 0.3) is 0 Å². The van der Waals surface area contributed by atoms with E-state index in [2.05, 4.69) is 19.0 Å². The Kier molecular flexibility index (Phi) is 5.97. The number of ether oxygens (including phenoxy) is 2. The van der Waals surface area contributed by atoms with Gasteiger partial charge in [0, 0.05) is 19.6 Å². The molecular formula is C20H30N2O3. The zero-order valence-corrected chi connectivity index (χ0v) is 15.4. The number of benzene rings is 1. The minimum Gasteiger partial charge on any atom is -0.493 e. The third kappa shape index (κ3) is 4.95. The molecule has 1 aromatic carbocycles. The molecule has 5 heteroatoms. The highest BCUT2D eigenvalue weighted by Gasteiger charge is 2.44. The van der Waals surface area contributed by atoms with Gasteiger partial charge in [-0.05, 0) is 51.9 Å². The number of rotatable bonds is 6. The Morgan fingerprint density at radius 3 is 2.88 bits per heavy atom. The van der Waals surface area contributed by atoms with E-state index in [1.807, 2.05) is 35.2 Å². The second-order valence-corrected chi connectivity index (χ2v) is 7.55. The molecule has 138 valence electrons. The molecule has 5 nitrogen and oxygen atoms in total.